The van der Waals surface area contributed by atoms with Crippen molar-refractivity contribution in [2.24, 2.45) is 5.92 Å². The first-order valence-corrected chi connectivity index (χ1v) is 6.43. The number of rotatable bonds is 6. The van der Waals surface area contributed by atoms with Crippen LogP contribution in [0.15, 0.2) is 22.9 Å². The van der Waals surface area contributed by atoms with Gasteiger partial charge in [-0.1, -0.05) is 6.92 Å². The van der Waals surface area contributed by atoms with Crippen molar-refractivity contribution in [3.8, 4) is 0 Å². The van der Waals surface area contributed by atoms with Crippen molar-refractivity contribution in [1.29, 1.82) is 0 Å². The Labute approximate surface area is 114 Å². The van der Waals surface area contributed by atoms with Crippen LogP contribution in [-0.2, 0) is 4.79 Å². The molecule has 0 saturated heterocycles. The fourth-order valence-corrected chi connectivity index (χ4v) is 1.81. The van der Waals surface area contributed by atoms with Crippen LogP contribution in [0, 0.1) is 5.92 Å². The minimum absolute atomic E-state index is 0.210. The van der Waals surface area contributed by atoms with Gasteiger partial charge in [0.1, 0.15) is 4.60 Å². The predicted octanol–water partition coefficient (Wildman–Crippen LogP) is 2.07. The maximum Gasteiger partial charge on any atom is 0.306 e. The smallest absolute Gasteiger partial charge is 0.306 e. The van der Waals surface area contributed by atoms with Gasteiger partial charge >= 0.3 is 5.97 Å². The lowest BCUT2D eigenvalue weighted by Crippen LogP contribution is -2.25. The van der Waals surface area contributed by atoms with Crippen molar-refractivity contribution in [2.45, 2.75) is 19.8 Å². The van der Waals surface area contributed by atoms with Crippen molar-refractivity contribution >= 4 is 27.8 Å². The molecule has 6 heteroatoms. The first kappa shape index (κ1) is 14.6. The molecule has 1 atom stereocenters. The molecule has 0 spiro atoms. The zero-order valence-electron chi connectivity index (χ0n) is 10.0. The Bertz CT molecular complexity index is 437. The van der Waals surface area contributed by atoms with E-state index in [1.165, 1.54) is 0 Å². The van der Waals surface area contributed by atoms with E-state index in [4.69, 9.17) is 5.11 Å². The van der Waals surface area contributed by atoms with Crippen LogP contribution in [0.3, 0.4) is 0 Å². The van der Waals surface area contributed by atoms with Gasteiger partial charge in [0.2, 0.25) is 0 Å². The highest BCUT2D eigenvalue weighted by atomic mass is 79.9. The van der Waals surface area contributed by atoms with Crippen LogP contribution in [0.1, 0.15) is 30.1 Å². The van der Waals surface area contributed by atoms with Gasteiger partial charge in [-0.05, 0) is 40.9 Å². The Balaban J connectivity index is 2.34. The van der Waals surface area contributed by atoms with E-state index in [1.54, 1.807) is 25.3 Å². The third-order valence-electron chi connectivity index (χ3n) is 2.52. The quantitative estimate of drug-likeness (QED) is 0.622. The standard InChI is InChI=1S/C12H15BrN2O3/c1-8(12(17)18)4-2-7-15-11(16)9-5-3-6-14-10(9)13/h3,5-6,8H,2,4,7H2,1H3,(H,15,16)(H,17,18). The molecule has 1 aromatic rings. The molecule has 0 aliphatic heterocycles. The predicted molar refractivity (Wildman–Crippen MR) is 70.3 cm³/mol. The number of hydrogen-bond donors (Lipinski definition) is 2. The lowest BCUT2D eigenvalue weighted by atomic mass is 10.1. The Morgan fingerprint density at radius 1 is 1.56 bits per heavy atom. The van der Waals surface area contributed by atoms with Crippen molar-refractivity contribution in [2.75, 3.05) is 6.54 Å². The summed E-state index contributed by atoms with van der Waals surface area (Å²) in [4.78, 5) is 26.3. The average molecular weight is 315 g/mol. The van der Waals surface area contributed by atoms with Crippen LogP contribution in [0.4, 0.5) is 0 Å². The van der Waals surface area contributed by atoms with Crippen molar-refractivity contribution in [3.05, 3.63) is 28.5 Å². The minimum Gasteiger partial charge on any atom is -0.481 e. The number of amides is 1. The fraction of sp³-hybridized carbons (Fsp3) is 0.417. The lowest BCUT2D eigenvalue weighted by Gasteiger charge is -2.08. The number of hydrogen-bond acceptors (Lipinski definition) is 3. The molecule has 0 saturated carbocycles. The van der Waals surface area contributed by atoms with Gasteiger partial charge in [-0.25, -0.2) is 4.98 Å². The third-order valence-corrected chi connectivity index (χ3v) is 3.16. The maximum absolute atomic E-state index is 11.7. The van der Waals surface area contributed by atoms with E-state index in [0.29, 0.717) is 29.6 Å². The highest BCUT2D eigenvalue weighted by molar-refractivity contribution is 9.10. The van der Waals surface area contributed by atoms with Gasteiger partial charge in [0.15, 0.2) is 0 Å². The largest absolute Gasteiger partial charge is 0.481 e. The number of halogens is 1. The minimum atomic E-state index is -0.809. The summed E-state index contributed by atoms with van der Waals surface area (Å²) in [7, 11) is 0. The molecule has 1 heterocycles. The summed E-state index contributed by atoms with van der Waals surface area (Å²) in [5.41, 5.74) is 0.476. The number of nitrogens with zero attached hydrogens (tertiary/aromatic N) is 1. The fourth-order valence-electron chi connectivity index (χ4n) is 1.38. The van der Waals surface area contributed by atoms with Gasteiger partial charge in [0.05, 0.1) is 11.5 Å². The molecule has 1 rings (SSSR count). The highest BCUT2D eigenvalue weighted by Gasteiger charge is 2.12. The second kappa shape index (κ2) is 7.10. The number of carboxylic acids is 1. The highest BCUT2D eigenvalue weighted by Crippen LogP contribution is 2.12. The first-order valence-electron chi connectivity index (χ1n) is 5.64. The summed E-state index contributed by atoms with van der Waals surface area (Å²) >= 11 is 3.20. The number of carbonyl (C=O) groups excluding carboxylic acids is 1. The molecule has 0 radical (unpaired) electrons. The maximum atomic E-state index is 11.7. The molecule has 0 aromatic carbocycles. The molecule has 98 valence electrons. The molecule has 0 fully saturated rings. The number of aliphatic carboxylic acids is 1. The van der Waals surface area contributed by atoms with E-state index in [2.05, 4.69) is 26.2 Å². The van der Waals surface area contributed by atoms with E-state index in [9.17, 15) is 9.59 Å². The second-order valence-corrected chi connectivity index (χ2v) is 4.73. The Kier molecular flexibility index (Phi) is 5.77. The Hall–Kier alpha value is -1.43. The zero-order chi connectivity index (χ0) is 13.5. The number of carbonyl (C=O) groups is 2. The van der Waals surface area contributed by atoms with Crippen molar-refractivity contribution < 1.29 is 14.7 Å². The van der Waals surface area contributed by atoms with Gasteiger partial charge in [-0.3, -0.25) is 9.59 Å². The number of nitrogens with one attached hydrogen (secondary N) is 1. The molecule has 0 aliphatic rings. The molecule has 5 nitrogen and oxygen atoms in total. The number of pyridine rings is 1. The molecule has 1 amide bonds. The number of carboxylic acid groups (broad SMARTS) is 1. The van der Waals surface area contributed by atoms with Gasteiger partial charge in [-0.2, -0.15) is 0 Å². The van der Waals surface area contributed by atoms with E-state index >= 15 is 0 Å². The van der Waals surface area contributed by atoms with Crippen LogP contribution < -0.4 is 5.32 Å². The summed E-state index contributed by atoms with van der Waals surface area (Å²) in [6, 6.07) is 3.36. The van der Waals surface area contributed by atoms with E-state index < -0.39 is 5.97 Å². The van der Waals surface area contributed by atoms with Crippen molar-refractivity contribution in [3.63, 3.8) is 0 Å². The van der Waals surface area contributed by atoms with Gasteiger partial charge < -0.3 is 10.4 Å². The summed E-state index contributed by atoms with van der Waals surface area (Å²) < 4.78 is 0.501. The first-order chi connectivity index (χ1) is 8.52. The summed E-state index contributed by atoms with van der Waals surface area (Å²) in [6.07, 6.45) is 2.77. The zero-order valence-corrected chi connectivity index (χ0v) is 11.6. The summed E-state index contributed by atoms with van der Waals surface area (Å²) in [5.74, 6) is -1.40. The molecule has 2 N–H and O–H groups in total. The molecule has 18 heavy (non-hydrogen) atoms. The Morgan fingerprint density at radius 3 is 2.89 bits per heavy atom. The number of aromatic nitrogens is 1. The lowest BCUT2D eigenvalue weighted by molar-refractivity contribution is -0.141. The van der Waals surface area contributed by atoms with E-state index in [1.807, 2.05) is 0 Å². The third kappa shape index (κ3) is 4.44. The summed E-state index contributed by atoms with van der Waals surface area (Å²) in [5, 5.41) is 11.4. The molecule has 1 unspecified atom stereocenters. The van der Waals surface area contributed by atoms with Crippen molar-refractivity contribution in [1.82, 2.24) is 10.3 Å². The van der Waals surface area contributed by atoms with Gasteiger partial charge in [0, 0.05) is 12.7 Å². The normalized spacial score (nSPS) is 11.9. The molecule has 0 aliphatic carbocycles. The molecule has 1 aromatic heterocycles. The van der Waals surface area contributed by atoms with Crippen LogP contribution in [0.2, 0.25) is 0 Å². The van der Waals surface area contributed by atoms with Gasteiger partial charge in [0.25, 0.3) is 5.91 Å². The van der Waals surface area contributed by atoms with Crippen LogP contribution in [0.5, 0.6) is 0 Å². The van der Waals surface area contributed by atoms with Crippen LogP contribution in [-0.4, -0.2) is 28.5 Å². The van der Waals surface area contributed by atoms with Gasteiger partial charge in [-0.15, -0.1) is 0 Å². The molecular weight excluding hydrogens is 300 g/mol. The Morgan fingerprint density at radius 2 is 2.28 bits per heavy atom. The average Bonchev–Trinajstić information content (AvgIpc) is 2.34. The molecule has 0 bridgehead atoms. The SMILES string of the molecule is CC(CCCNC(=O)c1cccnc1Br)C(=O)O. The monoisotopic (exact) mass is 314 g/mol. The van der Waals surface area contributed by atoms with Crippen LogP contribution >= 0.6 is 15.9 Å². The topological polar surface area (TPSA) is 79.3 Å². The molecular formula is C12H15BrN2O3. The van der Waals surface area contributed by atoms with E-state index in [-0.39, 0.29) is 11.8 Å². The second-order valence-electron chi connectivity index (χ2n) is 3.98. The van der Waals surface area contributed by atoms with Crippen LogP contribution in [0.25, 0.3) is 0 Å². The summed E-state index contributed by atoms with van der Waals surface area (Å²) in [6.45, 7) is 2.11. The van der Waals surface area contributed by atoms with E-state index in [0.717, 1.165) is 0 Å².